The molecule has 3 rings (SSSR count). The summed E-state index contributed by atoms with van der Waals surface area (Å²) in [5.41, 5.74) is 0.224. The Labute approximate surface area is 160 Å². The molecule has 1 amide bonds. The van der Waals surface area contributed by atoms with E-state index in [1.807, 2.05) is 18.7 Å². The Morgan fingerprint density at radius 1 is 1.19 bits per heavy atom. The van der Waals surface area contributed by atoms with Crippen molar-refractivity contribution in [3.63, 3.8) is 0 Å². The smallest absolute Gasteiger partial charge is 0.336 e. The number of fused-ring (bicyclic) bond motifs is 1. The molecule has 1 aromatic heterocycles. The Balaban J connectivity index is 1.92. The number of benzene rings is 1. The molecule has 1 saturated heterocycles. The van der Waals surface area contributed by atoms with Crippen LogP contribution in [0.4, 0.5) is 13.2 Å². The van der Waals surface area contributed by atoms with Crippen molar-refractivity contribution in [2.24, 2.45) is 0 Å². The Morgan fingerprint density at radius 3 is 2.44 bits per heavy atom. The predicted octanol–water partition coefficient (Wildman–Crippen LogP) is 4.92. The third-order valence-electron chi connectivity index (χ3n) is 4.91. The molecule has 27 heavy (non-hydrogen) atoms. The van der Waals surface area contributed by atoms with Crippen LogP contribution < -0.4 is 0 Å². The summed E-state index contributed by atoms with van der Waals surface area (Å²) < 4.78 is 39.5. The molecule has 0 spiro atoms. The lowest BCUT2D eigenvalue weighted by atomic mass is 9.97. The van der Waals surface area contributed by atoms with E-state index in [9.17, 15) is 18.0 Å². The van der Waals surface area contributed by atoms with Crippen LogP contribution in [0.3, 0.4) is 0 Å². The van der Waals surface area contributed by atoms with Crippen LogP contribution in [0.25, 0.3) is 10.9 Å². The Bertz CT molecular complexity index is 833. The summed E-state index contributed by atoms with van der Waals surface area (Å²) in [6.07, 6.45) is -1.66. The van der Waals surface area contributed by atoms with Gasteiger partial charge in [-0.15, -0.1) is 0 Å². The summed E-state index contributed by atoms with van der Waals surface area (Å²) >= 11 is 1.07. The molecule has 146 valence electrons. The van der Waals surface area contributed by atoms with Gasteiger partial charge in [0.15, 0.2) is 0 Å². The minimum atomic E-state index is -4.64. The molecule has 4 nitrogen and oxygen atoms in total. The van der Waals surface area contributed by atoms with E-state index >= 15 is 0 Å². The van der Waals surface area contributed by atoms with Crippen molar-refractivity contribution >= 4 is 28.6 Å². The maximum atomic E-state index is 13.2. The number of alkyl halides is 3. The van der Waals surface area contributed by atoms with E-state index in [2.05, 4.69) is 9.97 Å². The average molecular weight is 397 g/mol. The lowest BCUT2D eigenvalue weighted by Gasteiger charge is -2.40. The molecule has 1 fully saturated rings. The highest BCUT2D eigenvalue weighted by Crippen LogP contribution is 2.35. The predicted molar refractivity (Wildman–Crippen MR) is 99.5 cm³/mol. The summed E-state index contributed by atoms with van der Waals surface area (Å²) in [5.74, 6) is -1.24. The number of aromatic nitrogens is 2. The standard InChI is InChI=1S/C19H22F3N3OS/c1-11-7-6-8-12(2)25(11)17(26)13(3)27-16-14-9-4-5-10-15(14)23-18(24-16)19(20,21)22/h4-5,9-13H,6-8H2,1-3H3/t11-,12-,13-/m0/s1. The number of piperidine rings is 1. The summed E-state index contributed by atoms with van der Waals surface area (Å²) in [6, 6.07) is 6.84. The van der Waals surface area contributed by atoms with Crippen LogP contribution in [-0.2, 0) is 11.0 Å². The van der Waals surface area contributed by atoms with Crippen LogP contribution >= 0.6 is 11.8 Å². The molecule has 2 heterocycles. The fraction of sp³-hybridized carbons (Fsp3) is 0.526. The van der Waals surface area contributed by atoms with Crippen molar-refractivity contribution in [2.45, 2.75) is 68.6 Å². The number of rotatable bonds is 3. The molecule has 2 aromatic rings. The fourth-order valence-corrected chi connectivity index (χ4v) is 4.54. The number of halogens is 3. The van der Waals surface area contributed by atoms with Crippen LogP contribution in [0.15, 0.2) is 29.3 Å². The number of hydrogen-bond donors (Lipinski definition) is 0. The highest BCUT2D eigenvalue weighted by Gasteiger charge is 2.37. The zero-order chi connectivity index (χ0) is 19.8. The van der Waals surface area contributed by atoms with Gasteiger partial charge >= 0.3 is 6.18 Å². The molecule has 3 atom stereocenters. The van der Waals surface area contributed by atoms with E-state index in [1.54, 1.807) is 25.1 Å². The molecule has 0 N–H and O–H groups in total. The van der Waals surface area contributed by atoms with E-state index in [0.717, 1.165) is 31.0 Å². The number of thioether (sulfide) groups is 1. The van der Waals surface area contributed by atoms with Crippen molar-refractivity contribution in [1.82, 2.24) is 14.9 Å². The maximum Gasteiger partial charge on any atom is 0.451 e. The first-order valence-electron chi connectivity index (χ1n) is 9.01. The van der Waals surface area contributed by atoms with Gasteiger partial charge in [-0.05, 0) is 46.1 Å². The number of likely N-dealkylation sites (tertiary alicyclic amines) is 1. The molecule has 1 aliphatic heterocycles. The summed E-state index contributed by atoms with van der Waals surface area (Å²) in [5, 5.41) is 0.174. The number of amides is 1. The van der Waals surface area contributed by atoms with Crippen molar-refractivity contribution in [3.8, 4) is 0 Å². The minimum Gasteiger partial charge on any atom is -0.336 e. The maximum absolute atomic E-state index is 13.2. The molecular formula is C19H22F3N3OS. The first-order valence-corrected chi connectivity index (χ1v) is 9.89. The Morgan fingerprint density at radius 2 is 1.81 bits per heavy atom. The average Bonchev–Trinajstić information content (AvgIpc) is 2.60. The normalized spacial score (nSPS) is 22.1. The fourth-order valence-electron chi connectivity index (χ4n) is 3.55. The van der Waals surface area contributed by atoms with Crippen molar-refractivity contribution < 1.29 is 18.0 Å². The Hall–Kier alpha value is -1.83. The van der Waals surface area contributed by atoms with Gasteiger partial charge < -0.3 is 4.90 Å². The van der Waals surface area contributed by atoms with E-state index in [-0.39, 0.29) is 28.5 Å². The quantitative estimate of drug-likeness (QED) is 0.545. The van der Waals surface area contributed by atoms with E-state index in [4.69, 9.17) is 0 Å². The summed E-state index contributed by atoms with van der Waals surface area (Å²) in [4.78, 5) is 22.2. The number of nitrogens with zero attached hydrogens (tertiary/aromatic N) is 3. The van der Waals surface area contributed by atoms with Gasteiger partial charge in [0.2, 0.25) is 11.7 Å². The van der Waals surface area contributed by atoms with Crippen molar-refractivity contribution in [3.05, 3.63) is 30.1 Å². The SMILES string of the molecule is C[C@H](Sc1nc(C(F)(F)F)nc2ccccc12)C(=O)N1[C@@H](C)CCC[C@@H]1C. The second-order valence-electron chi connectivity index (χ2n) is 7.00. The van der Waals surface area contributed by atoms with Gasteiger partial charge in [0, 0.05) is 17.5 Å². The van der Waals surface area contributed by atoms with E-state index in [1.165, 1.54) is 6.07 Å². The number of carbonyl (C=O) groups is 1. The molecule has 0 unspecified atom stereocenters. The topological polar surface area (TPSA) is 46.1 Å². The lowest BCUT2D eigenvalue weighted by molar-refractivity contribution is -0.145. The molecule has 1 aliphatic rings. The molecule has 1 aromatic carbocycles. The van der Waals surface area contributed by atoms with Crippen molar-refractivity contribution in [1.29, 1.82) is 0 Å². The number of para-hydroxylation sites is 1. The molecule has 0 saturated carbocycles. The molecule has 8 heteroatoms. The second-order valence-corrected chi connectivity index (χ2v) is 8.33. The van der Waals surface area contributed by atoms with Crippen LogP contribution in [0.1, 0.15) is 45.9 Å². The first-order chi connectivity index (χ1) is 12.7. The van der Waals surface area contributed by atoms with Gasteiger partial charge in [0.25, 0.3) is 0 Å². The molecule has 0 radical (unpaired) electrons. The monoisotopic (exact) mass is 397 g/mol. The third-order valence-corrected chi connectivity index (χ3v) is 6.00. The second kappa shape index (κ2) is 7.66. The number of hydrogen-bond acceptors (Lipinski definition) is 4. The first kappa shape index (κ1) is 19.9. The van der Waals surface area contributed by atoms with Gasteiger partial charge in [-0.3, -0.25) is 4.79 Å². The van der Waals surface area contributed by atoms with Crippen LogP contribution in [0, 0.1) is 0 Å². The van der Waals surface area contributed by atoms with Gasteiger partial charge in [-0.1, -0.05) is 30.0 Å². The zero-order valence-corrected chi connectivity index (χ0v) is 16.3. The van der Waals surface area contributed by atoms with Crippen LogP contribution in [0.2, 0.25) is 0 Å². The number of carbonyl (C=O) groups excluding carboxylic acids is 1. The van der Waals surface area contributed by atoms with Gasteiger partial charge in [-0.25, -0.2) is 9.97 Å². The summed E-state index contributed by atoms with van der Waals surface area (Å²) in [6.45, 7) is 5.77. The summed E-state index contributed by atoms with van der Waals surface area (Å²) in [7, 11) is 0. The van der Waals surface area contributed by atoms with Gasteiger partial charge in [0.1, 0.15) is 5.03 Å². The van der Waals surface area contributed by atoms with Gasteiger partial charge in [-0.2, -0.15) is 13.2 Å². The highest BCUT2D eigenvalue weighted by molar-refractivity contribution is 8.00. The third kappa shape index (κ3) is 4.20. The largest absolute Gasteiger partial charge is 0.451 e. The van der Waals surface area contributed by atoms with E-state index < -0.39 is 17.3 Å². The molecular weight excluding hydrogens is 375 g/mol. The highest BCUT2D eigenvalue weighted by atomic mass is 32.2. The van der Waals surface area contributed by atoms with Gasteiger partial charge in [0.05, 0.1) is 10.8 Å². The molecule has 0 bridgehead atoms. The van der Waals surface area contributed by atoms with Crippen LogP contribution in [-0.4, -0.2) is 38.1 Å². The minimum absolute atomic E-state index is 0.0593. The van der Waals surface area contributed by atoms with Crippen molar-refractivity contribution in [2.75, 3.05) is 0 Å². The lowest BCUT2D eigenvalue weighted by Crippen LogP contribution is -2.50. The Kier molecular flexibility index (Phi) is 5.65. The molecule has 0 aliphatic carbocycles. The van der Waals surface area contributed by atoms with Crippen LogP contribution in [0.5, 0.6) is 0 Å². The van der Waals surface area contributed by atoms with E-state index in [0.29, 0.717) is 5.39 Å². The zero-order valence-electron chi connectivity index (χ0n) is 15.5.